The third kappa shape index (κ3) is 4.00. The van der Waals surface area contributed by atoms with Crippen LogP contribution in [0.5, 0.6) is 0 Å². The van der Waals surface area contributed by atoms with Gasteiger partial charge in [0.25, 0.3) is 0 Å². The Balaban J connectivity index is 1.49. The lowest BCUT2D eigenvalue weighted by molar-refractivity contribution is -0.232. The van der Waals surface area contributed by atoms with Crippen molar-refractivity contribution < 1.29 is 14.2 Å². The molecule has 3 nitrogen and oxygen atoms in total. The maximum absolute atomic E-state index is 5.99. The minimum Gasteiger partial charge on any atom is -0.369 e. The summed E-state index contributed by atoms with van der Waals surface area (Å²) in [5.41, 5.74) is 1.99. The van der Waals surface area contributed by atoms with Crippen molar-refractivity contribution in [1.82, 2.24) is 0 Å². The molecule has 0 aromatic heterocycles. The molecule has 0 amide bonds. The third-order valence-electron chi connectivity index (χ3n) is 3.41. The topological polar surface area (TPSA) is 27.7 Å². The van der Waals surface area contributed by atoms with E-state index in [9.17, 15) is 0 Å². The molecule has 1 aliphatic heterocycles. The van der Waals surface area contributed by atoms with Crippen LogP contribution in [0.2, 0.25) is 10.0 Å². The van der Waals surface area contributed by atoms with E-state index in [2.05, 4.69) is 0 Å². The van der Waals surface area contributed by atoms with Gasteiger partial charge in [0.15, 0.2) is 6.29 Å². The Morgan fingerprint density at radius 1 is 0.955 bits per heavy atom. The second-order valence-electron chi connectivity index (χ2n) is 5.09. The summed E-state index contributed by atoms with van der Waals surface area (Å²) in [6.07, 6.45) is -0.402. The van der Waals surface area contributed by atoms with E-state index in [1.165, 1.54) is 0 Å². The fraction of sp³-hybridized carbons (Fsp3) is 0.294. The molecule has 1 fully saturated rings. The Kier molecular flexibility index (Phi) is 5.34. The molecule has 0 N–H and O–H groups in total. The molecule has 1 saturated heterocycles. The molecule has 116 valence electrons. The van der Waals surface area contributed by atoms with Crippen LogP contribution in [0.3, 0.4) is 0 Å². The van der Waals surface area contributed by atoms with Crippen molar-refractivity contribution in [2.45, 2.75) is 19.0 Å². The molecular weight excluding hydrogens is 323 g/mol. The highest BCUT2D eigenvalue weighted by Crippen LogP contribution is 2.25. The first-order valence-corrected chi connectivity index (χ1v) is 7.81. The third-order valence-corrected chi connectivity index (χ3v) is 4.15. The Morgan fingerprint density at radius 3 is 2.36 bits per heavy atom. The van der Waals surface area contributed by atoms with E-state index in [1.807, 2.05) is 36.4 Å². The standard InChI is InChI=1S/C17H16Cl2O3/c18-15-7-6-12(8-16(15)19)9-20-14-10-21-17(22-11-14)13-4-2-1-3-5-13/h1-8,14,17H,9-11H2. The van der Waals surface area contributed by atoms with Crippen LogP contribution in [0.15, 0.2) is 48.5 Å². The molecule has 1 heterocycles. The van der Waals surface area contributed by atoms with Crippen LogP contribution in [0.1, 0.15) is 17.4 Å². The van der Waals surface area contributed by atoms with Crippen LogP contribution in [0.25, 0.3) is 0 Å². The predicted octanol–water partition coefficient (Wildman–Crippen LogP) is 4.62. The lowest BCUT2D eigenvalue weighted by atomic mass is 10.2. The average molecular weight is 339 g/mol. The van der Waals surface area contributed by atoms with Crippen molar-refractivity contribution in [3.8, 4) is 0 Å². The maximum Gasteiger partial charge on any atom is 0.184 e. The minimum absolute atomic E-state index is 0.0885. The second-order valence-corrected chi connectivity index (χ2v) is 5.91. The van der Waals surface area contributed by atoms with E-state index < -0.39 is 0 Å². The van der Waals surface area contributed by atoms with Crippen molar-refractivity contribution in [3.63, 3.8) is 0 Å². The summed E-state index contributed by atoms with van der Waals surface area (Å²) in [6, 6.07) is 15.3. The zero-order chi connectivity index (χ0) is 15.4. The summed E-state index contributed by atoms with van der Waals surface area (Å²) < 4.78 is 17.2. The van der Waals surface area contributed by atoms with E-state index in [-0.39, 0.29) is 12.4 Å². The molecule has 0 saturated carbocycles. The molecule has 0 aliphatic carbocycles. The summed E-state index contributed by atoms with van der Waals surface area (Å²) in [5.74, 6) is 0. The number of ether oxygens (including phenoxy) is 3. The lowest BCUT2D eigenvalue weighted by Crippen LogP contribution is -2.33. The first-order chi connectivity index (χ1) is 10.7. The van der Waals surface area contributed by atoms with Crippen LogP contribution in [-0.4, -0.2) is 19.3 Å². The first kappa shape index (κ1) is 15.8. The summed E-state index contributed by atoms with van der Waals surface area (Å²) >= 11 is 11.9. The predicted molar refractivity (Wildman–Crippen MR) is 86.1 cm³/mol. The molecule has 2 aromatic rings. The SMILES string of the molecule is Clc1ccc(COC2COC(c3ccccc3)OC2)cc1Cl. The number of rotatable bonds is 4. The molecule has 5 heteroatoms. The Bertz CT molecular complexity index is 611. The van der Waals surface area contributed by atoms with Crippen molar-refractivity contribution in [3.05, 3.63) is 69.7 Å². The van der Waals surface area contributed by atoms with Gasteiger partial charge < -0.3 is 14.2 Å². The van der Waals surface area contributed by atoms with Crippen molar-refractivity contribution in [1.29, 1.82) is 0 Å². The van der Waals surface area contributed by atoms with Gasteiger partial charge in [-0.3, -0.25) is 0 Å². The van der Waals surface area contributed by atoms with Crippen molar-refractivity contribution >= 4 is 23.2 Å². The quantitative estimate of drug-likeness (QED) is 0.813. The van der Waals surface area contributed by atoms with Gasteiger partial charge in [0, 0.05) is 5.56 Å². The van der Waals surface area contributed by atoms with Gasteiger partial charge in [0.2, 0.25) is 0 Å². The number of hydrogen-bond donors (Lipinski definition) is 0. The fourth-order valence-corrected chi connectivity index (χ4v) is 2.55. The largest absolute Gasteiger partial charge is 0.369 e. The van der Waals surface area contributed by atoms with Crippen LogP contribution >= 0.6 is 23.2 Å². The second kappa shape index (κ2) is 7.44. The first-order valence-electron chi connectivity index (χ1n) is 7.06. The highest BCUT2D eigenvalue weighted by molar-refractivity contribution is 6.42. The molecule has 0 radical (unpaired) electrons. The van der Waals surface area contributed by atoms with Gasteiger partial charge >= 0.3 is 0 Å². The summed E-state index contributed by atoms with van der Waals surface area (Å²) in [6.45, 7) is 1.45. The molecular formula is C17H16Cl2O3. The molecule has 0 unspecified atom stereocenters. The number of benzene rings is 2. The number of hydrogen-bond acceptors (Lipinski definition) is 3. The van der Waals surface area contributed by atoms with E-state index in [0.29, 0.717) is 29.9 Å². The molecule has 3 rings (SSSR count). The Labute approximate surface area is 139 Å². The molecule has 0 atom stereocenters. The minimum atomic E-state index is -0.314. The van der Waals surface area contributed by atoms with Crippen LogP contribution < -0.4 is 0 Å². The van der Waals surface area contributed by atoms with Crippen LogP contribution in [-0.2, 0) is 20.8 Å². The lowest BCUT2D eigenvalue weighted by Gasteiger charge is -2.29. The van der Waals surface area contributed by atoms with Gasteiger partial charge in [0.1, 0.15) is 6.10 Å². The average Bonchev–Trinajstić information content (AvgIpc) is 2.57. The molecule has 0 spiro atoms. The Morgan fingerprint density at radius 2 is 1.68 bits per heavy atom. The van der Waals surface area contributed by atoms with Crippen LogP contribution in [0, 0.1) is 0 Å². The highest BCUT2D eigenvalue weighted by atomic mass is 35.5. The van der Waals surface area contributed by atoms with E-state index in [4.69, 9.17) is 37.4 Å². The maximum atomic E-state index is 5.99. The van der Waals surface area contributed by atoms with Gasteiger partial charge in [-0.1, -0.05) is 59.6 Å². The molecule has 2 aromatic carbocycles. The monoisotopic (exact) mass is 338 g/mol. The van der Waals surface area contributed by atoms with Crippen molar-refractivity contribution in [2.75, 3.05) is 13.2 Å². The zero-order valence-corrected chi connectivity index (χ0v) is 13.4. The Hall–Kier alpha value is -1.10. The van der Waals surface area contributed by atoms with Gasteiger partial charge in [-0.05, 0) is 17.7 Å². The number of halogens is 2. The zero-order valence-electron chi connectivity index (χ0n) is 11.9. The van der Waals surface area contributed by atoms with Gasteiger partial charge in [-0.25, -0.2) is 0 Å². The van der Waals surface area contributed by atoms with E-state index >= 15 is 0 Å². The van der Waals surface area contributed by atoms with Gasteiger partial charge in [0.05, 0.1) is 29.9 Å². The molecule has 0 bridgehead atoms. The van der Waals surface area contributed by atoms with Gasteiger partial charge in [-0.15, -0.1) is 0 Å². The molecule has 22 heavy (non-hydrogen) atoms. The fourth-order valence-electron chi connectivity index (χ4n) is 2.23. The molecule has 1 aliphatic rings. The highest BCUT2D eigenvalue weighted by Gasteiger charge is 2.23. The smallest absolute Gasteiger partial charge is 0.184 e. The van der Waals surface area contributed by atoms with E-state index in [0.717, 1.165) is 11.1 Å². The van der Waals surface area contributed by atoms with E-state index in [1.54, 1.807) is 12.1 Å². The van der Waals surface area contributed by atoms with Crippen molar-refractivity contribution in [2.24, 2.45) is 0 Å². The van der Waals surface area contributed by atoms with Gasteiger partial charge in [-0.2, -0.15) is 0 Å². The summed E-state index contributed by atoms with van der Waals surface area (Å²) in [5, 5.41) is 1.07. The normalized spacial score (nSPS) is 21.7. The summed E-state index contributed by atoms with van der Waals surface area (Å²) in [4.78, 5) is 0. The van der Waals surface area contributed by atoms with Crippen LogP contribution in [0.4, 0.5) is 0 Å². The summed E-state index contributed by atoms with van der Waals surface area (Å²) in [7, 11) is 0.